The Kier molecular flexibility index (Phi) is 6.19. The fourth-order valence-corrected chi connectivity index (χ4v) is 5.24. The van der Waals surface area contributed by atoms with E-state index in [0.29, 0.717) is 19.4 Å². The molecule has 37 heavy (non-hydrogen) atoms. The Labute approximate surface area is 215 Å². The highest BCUT2D eigenvalue weighted by molar-refractivity contribution is 6.01. The molecule has 0 fully saturated rings. The molecule has 2 atom stereocenters. The summed E-state index contributed by atoms with van der Waals surface area (Å²) in [6.07, 6.45) is 1.05. The third kappa shape index (κ3) is 4.85. The predicted molar refractivity (Wildman–Crippen MR) is 144 cm³/mol. The molecule has 4 aromatic rings. The standard InChI is InChI=1S/C32H27FN2O2/c33-25-15-13-22(14-16-25)24-18-29-31(30(36)19-24)32(35-28-12-5-4-11-27(28)34-29)23-9-6-10-26(17-23)37-20-21-7-2-1-3-8-21/h1-17,24,32,34-35H,18-20H2. The average Bonchev–Trinajstić information content (AvgIpc) is 3.10. The van der Waals surface area contributed by atoms with Crippen LogP contribution in [-0.2, 0) is 11.4 Å². The number of benzene rings is 4. The van der Waals surface area contributed by atoms with E-state index in [4.69, 9.17) is 4.74 Å². The van der Waals surface area contributed by atoms with Crippen molar-refractivity contribution >= 4 is 17.2 Å². The molecule has 0 radical (unpaired) electrons. The molecule has 1 aliphatic heterocycles. The monoisotopic (exact) mass is 490 g/mol. The fourth-order valence-electron chi connectivity index (χ4n) is 5.24. The zero-order chi connectivity index (χ0) is 25.2. The van der Waals surface area contributed by atoms with Crippen LogP contribution in [0.5, 0.6) is 5.75 Å². The minimum Gasteiger partial charge on any atom is -0.489 e. The number of hydrogen-bond acceptors (Lipinski definition) is 4. The Balaban J connectivity index is 1.35. The van der Waals surface area contributed by atoms with Gasteiger partial charge in [0.15, 0.2) is 5.78 Å². The Bertz CT molecular complexity index is 1460. The molecule has 0 bridgehead atoms. The summed E-state index contributed by atoms with van der Waals surface area (Å²) in [6, 6.07) is 32.2. The second-order valence-electron chi connectivity index (χ2n) is 9.57. The zero-order valence-corrected chi connectivity index (χ0v) is 20.3. The van der Waals surface area contributed by atoms with Gasteiger partial charge in [-0.3, -0.25) is 4.79 Å². The Hall–Kier alpha value is -4.38. The van der Waals surface area contributed by atoms with Gasteiger partial charge in [0, 0.05) is 17.7 Å². The van der Waals surface area contributed by atoms with E-state index < -0.39 is 0 Å². The third-order valence-electron chi connectivity index (χ3n) is 7.09. The number of allylic oxidation sites excluding steroid dienone is 1. The smallest absolute Gasteiger partial charge is 0.163 e. The van der Waals surface area contributed by atoms with E-state index in [1.54, 1.807) is 12.1 Å². The second-order valence-corrected chi connectivity index (χ2v) is 9.57. The van der Waals surface area contributed by atoms with E-state index in [-0.39, 0.29) is 23.6 Å². The maximum atomic E-state index is 13.7. The first-order chi connectivity index (χ1) is 18.1. The molecule has 0 saturated heterocycles. The largest absolute Gasteiger partial charge is 0.489 e. The van der Waals surface area contributed by atoms with Crippen molar-refractivity contribution in [3.8, 4) is 5.75 Å². The van der Waals surface area contributed by atoms with Gasteiger partial charge in [-0.2, -0.15) is 0 Å². The van der Waals surface area contributed by atoms with Gasteiger partial charge in [-0.05, 0) is 65.4 Å². The molecule has 6 rings (SSSR count). The van der Waals surface area contributed by atoms with Gasteiger partial charge in [0.05, 0.1) is 17.4 Å². The van der Waals surface area contributed by atoms with Crippen LogP contribution < -0.4 is 15.4 Å². The lowest BCUT2D eigenvalue weighted by atomic mass is 9.78. The van der Waals surface area contributed by atoms with Gasteiger partial charge >= 0.3 is 0 Å². The molecule has 2 aliphatic rings. The summed E-state index contributed by atoms with van der Waals surface area (Å²) < 4.78 is 19.6. The molecular weight excluding hydrogens is 463 g/mol. The van der Waals surface area contributed by atoms with Crippen molar-refractivity contribution < 1.29 is 13.9 Å². The molecule has 184 valence electrons. The van der Waals surface area contributed by atoms with Crippen LogP contribution in [0.1, 0.15) is 41.5 Å². The number of halogens is 1. The lowest BCUT2D eigenvalue weighted by Crippen LogP contribution is -2.26. The summed E-state index contributed by atoms with van der Waals surface area (Å²) in [5.74, 6) is 0.559. The maximum Gasteiger partial charge on any atom is 0.163 e. The number of carbonyl (C=O) groups excluding carboxylic acids is 1. The van der Waals surface area contributed by atoms with Crippen molar-refractivity contribution in [2.75, 3.05) is 10.6 Å². The van der Waals surface area contributed by atoms with Crippen molar-refractivity contribution in [3.05, 3.63) is 137 Å². The van der Waals surface area contributed by atoms with E-state index in [0.717, 1.165) is 45.1 Å². The fraction of sp³-hybridized carbons (Fsp3) is 0.156. The Morgan fingerprint density at radius 1 is 0.784 bits per heavy atom. The van der Waals surface area contributed by atoms with E-state index in [9.17, 15) is 9.18 Å². The number of Topliss-reactive ketones (excluding diaryl/α,β-unsaturated/α-hetero) is 1. The summed E-state index contributed by atoms with van der Waals surface area (Å²) in [6.45, 7) is 0.471. The van der Waals surface area contributed by atoms with Crippen LogP contribution in [0.3, 0.4) is 0 Å². The number of hydrogen-bond donors (Lipinski definition) is 2. The van der Waals surface area contributed by atoms with Gasteiger partial charge in [0.25, 0.3) is 0 Å². The molecular formula is C32H27FN2O2. The molecule has 0 spiro atoms. The van der Waals surface area contributed by atoms with Gasteiger partial charge in [0.1, 0.15) is 18.2 Å². The lowest BCUT2D eigenvalue weighted by molar-refractivity contribution is -0.116. The highest BCUT2D eigenvalue weighted by atomic mass is 19.1. The summed E-state index contributed by atoms with van der Waals surface area (Å²) in [7, 11) is 0. The first-order valence-electron chi connectivity index (χ1n) is 12.5. The van der Waals surface area contributed by atoms with Crippen LogP contribution in [0.2, 0.25) is 0 Å². The van der Waals surface area contributed by atoms with E-state index in [1.807, 2.05) is 78.9 Å². The van der Waals surface area contributed by atoms with Crippen molar-refractivity contribution in [2.24, 2.45) is 0 Å². The van der Waals surface area contributed by atoms with Gasteiger partial charge in [-0.25, -0.2) is 4.39 Å². The number of carbonyl (C=O) groups is 1. The summed E-state index contributed by atoms with van der Waals surface area (Å²) in [5, 5.41) is 7.18. The summed E-state index contributed by atoms with van der Waals surface area (Å²) >= 11 is 0. The first-order valence-corrected chi connectivity index (χ1v) is 12.5. The molecule has 0 amide bonds. The molecule has 1 aliphatic carbocycles. The van der Waals surface area contributed by atoms with Gasteiger partial charge in [0.2, 0.25) is 0 Å². The van der Waals surface area contributed by atoms with E-state index in [2.05, 4.69) is 10.6 Å². The van der Waals surface area contributed by atoms with Crippen molar-refractivity contribution in [2.45, 2.75) is 31.4 Å². The first kappa shape index (κ1) is 23.0. The SMILES string of the molecule is O=C1CC(c2ccc(F)cc2)CC2=C1C(c1cccc(OCc3ccccc3)c1)Nc1ccccc1N2. The number of para-hydroxylation sites is 2. The van der Waals surface area contributed by atoms with E-state index in [1.165, 1.54) is 12.1 Å². The van der Waals surface area contributed by atoms with Gasteiger partial charge < -0.3 is 15.4 Å². The molecule has 5 heteroatoms. The van der Waals surface area contributed by atoms with Crippen molar-refractivity contribution in [1.29, 1.82) is 0 Å². The predicted octanol–water partition coefficient (Wildman–Crippen LogP) is 7.38. The van der Waals surface area contributed by atoms with E-state index >= 15 is 0 Å². The molecule has 4 nitrogen and oxygen atoms in total. The number of ether oxygens (including phenoxy) is 1. The minimum atomic E-state index is -0.326. The van der Waals surface area contributed by atoms with Crippen LogP contribution in [-0.4, -0.2) is 5.78 Å². The summed E-state index contributed by atoms with van der Waals surface area (Å²) in [5.41, 5.74) is 6.55. The number of nitrogens with one attached hydrogen (secondary N) is 2. The average molecular weight is 491 g/mol. The van der Waals surface area contributed by atoms with Gasteiger partial charge in [-0.1, -0.05) is 66.7 Å². The third-order valence-corrected chi connectivity index (χ3v) is 7.09. The van der Waals surface area contributed by atoms with Crippen LogP contribution in [0.15, 0.2) is 114 Å². The minimum absolute atomic E-state index is 0.00852. The Morgan fingerprint density at radius 2 is 1.54 bits per heavy atom. The molecule has 0 aromatic heterocycles. The van der Waals surface area contributed by atoms with Crippen LogP contribution in [0, 0.1) is 5.82 Å². The lowest BCUT2D eigenvalue weighted by Gasteiger charge is -2.30. The second kappa shape index (κ2) is 9.94. The molecule has 2 unspecified atom stereocenters. The normalized spacial score (nSPS) is 18.7. The number of anilines is 2. The molecule has 1 heterocycles. The van der Waals surface area contributed by atoms with Crippen LogP contribution in [0.4, 0.5) is 15.8 Å². The van der Waals surface area contributed by atoms with Crippen molar-refractivity contribution in [1.82, 2.24) is 0 Å². The zero-order valence-electron chi connectivity index (χ0n) is 20.3. The quantitative estimate of drug-likeness (QED) is 0.306. The number of ketones is 1. The number of fused-ring (bicyclic) bond motifs is 1. The van der Waals surface area contributed by atoms with Crippen molar-refractivity contribution in [3.63, 3.8) is 0 Å². The molecule has 2 N–H and O–H groups in total. The Morgan fingerprint density at radius 3 is 2.35 bits per heavy atom. The molecule has 4 aromatic carbocycles. The highest BCUT2D eigenvalue weighted by Crippen LogP contribution is 2.44. The topological polar surface area (TPSA) is 50.4 Å². The molecule has 0 saturated carbocycles. The highest BCUT2D eigenvalue weighted by Gasteiger charge is 2.36. The maximum absolute atomic E-state index is 13.7. The summed E-state index contributed by atoms with van der Waals surface area (Å²) in [4.78, 5) is 13.7. The van der Waals surface area contributed by atoms with Gasteiger partial charge in [-0.15, -0.1) is 0 Å². The number of rotatable bonds is 5. The van der Waals surface area contributed by atoms with Crippen LogP contribution in [0.25, 0.3) is 0 Å². The van der Waals surface area contributed by atoms with Crippen LogP contribution >= 0.6 is 0 Å².